The van der Waals surface area contributed by atoms with Gasteiger partial charge in [-0.15, -0.1) is 0 Å². The molecule has 3 rings (SSSR count). The second kappa shape index (κ2) is 5.57. The Morgan fingerprint density at radius 2 is 2.00 bits per heavy atom. The number of hydrogen-bond acceptors (Lipinski definition) is 3. The molecule has 0 aliphatic heterocycles. The highest BCUT2D eigenvalue weighted by Gasteiger charge is 2.39. The van der Waals surface area contributed by atoms with Crippen LogP contribution in [-0.2, 0) is 6.42 Å². The molecule has 0 unspecified atom stereocenters. The van der Waals surface area contributed by atoms with E-state index in [4.69, 9.17) is 15.2 Å². The summed E-state index contributed by atoms with van der Waals surface area (Å²) in [5.41, 5.74) is 7.43. The van der Waals surface area contributed by atoms with Gasteiger partial charge in [0.2, 0.25) is 0 Å². The molecule has 110 valence electrons. The molecule has 0 atom stereocenters. The highest BCUT2D eigenvalue weighted by molar-refractivity contribution is 9.10. The monoisotopic (exact) mass is 339 g/mol. The van der Waals surface area contributed by atoms with Crippen LogP contribution in [0.1, 0.15) is 44.1 Å². The Bertz CT molecular complexity index is 493. The van der Waals surface area contributed by atoms with E-state index in [0.717, 1.165) is 48.1 Å². The maximum absolute atomic E-state index is 6.29. The van der Waals surface area contributed by atoms with E-state index in [1.807, 2.05) is 6.07 Å². The first-order valence-corrected chi connectivity index (χ1v) is 8.21. The van der Waals surface area contributed by atoms with Gasteiger partial charge in [-0.25, -0.2) is 0 Å². The molecule has 2 aliphatic carbocycles. The molecule has 2 N–H and O–H groups in total. The summed E-state index contributed by atoms with van der Waals surface area (Å²) in [5, 5.41) is 0. The maximum Gasteiger partial charge on any atom is 0.164 e. The SMILES string of the molecule is COc1cc(Br)cc(CC2(N)CC2)c1OC1CCCC1. The molecule has 20 heavy (non-hydrogen) atoms. The van der Waals surface area contributed by atoms with Crippen molar-refractivity contribution in [2.45, 2.75) is 56.6 Å². The lowest BCUT2D eigenvalue weighted by Crippen LogP contribution is -2.25. The van der Waals surface area contributed by atoms with Crippen molar-refractivity contribution >= 4 is 15.9 Å². The van der Waals surface area contributed by atoms with E-state index in [1.165, 1.54) is 18.4 Å². The van der Waals surface area contributed by atoms with Crippen LogP contribution in [0.3, 0.4) is 0 Å². The summed E-state index contributed by atoms with van der Waals surface area (Å²) < 4.78 is 12.8. The van der Waals surface area contributed by atoms with Crippen molar-refractivity contribution in [2.75, 3.05) is 7.11 Å². The molecule has 1 aromatic rings. The molecule has 0 amide bonds. The Hall–Kier alpha value is -0.740. The maximum atomic E-state index is 6.29. The van der Waals surface area contributed by atoms with Crippen molar-refractivity contribution in [2.24, 2.45) is 5.73 Å². The first kappa shape index (κ1) is 14.2. The van der Waals surface area contributed by atoms with Gasteiger partial charge in [0, 0.05) is 15.6 Å². The normalized spacial score (nSPS) is 20.9. The number of benzene rings is 1. The van der Waals surface area contributed by atoms with E-state index in [0.29, 0.717) is 6.10 Å². The summed E-state index contributed by atoms with van der Waals surface area (Å²) >= 11 is 3.55. The minimum Gasteiger partial charge on any atom is -0.493 e. The molecular formula is C16H22BrNO2. The molecular weight excluding hydrogens is 318 g/mol. The smallest absolute Gasteiger partial charge is 0.164 e. The first-order valence-electron chi connectivity index (χ1n) is 7.42. The minimum atomic E-state index is -0.0282. The van der Waals surface area contributed by atoms with Crippen LogP contribution in [0.5, 0.6) is 11.5 Å². The molecule has 0 bridgehead atoms. The third-order valence-corrected chi connectivity index (χ3v) is 4.80. The van der Waals surface area contributed by atoms with Crippen LogP contribution in [0.25, 0.3) is 0 Å². The lowest BCUT2D eigenvalue weighted by Gasteiger charge is -2.21. The van der Waals surface area contributed by atoms with Crippen LogP contribution in [0.4, 0.5) is 0 Å². The molecule has 0 spiro atoms. The molecule has 1 aromatic carbocycles. The van der Waals surface area contributed by atoms with Crippen molar-refractivity contribution in [3.8, 4) is 11.5 Å². The molecule has 2 aliphatic rings. The number of nitrogens with two attached hydrogens (primary N) is 1. The lowest BCUT2D eigenvalue weighted by molar-refractivity contribution is 0.198. The Morgan fingerprint density at radius 1 is 1.30 bits per heavy atom. The zero-order chi connectivity index (χ0) is 14.2. The molecule has 4 heteroatoms. The van der Waals surface area contributed by atoms with Gasteiger partial charge in [-0.1, -0.05) is 15.9 Å². The minimum absolute atomic E-state index is 0.0282. The standard InChI is InChI=1S/C16H22BrNO2/c1-19-14-9-12(17)8-11(10-16(18)6-7-16)15(14)20-13-4-2-3-5-13/h8-9,13H,2-7,10,18H2,1H3. The summed E-state index contributed by atoms with van der Waals surface area (Å²) in [6.45, 7) is 0. The largest absolute Gasteiger partial charge is 0.493 e. The summed E-state index contributed by atoms with van der Waals surface area (Å²) in [5.74, 6) is 1.71. The quantitative estimate of drug-likeness (QED) is 0.886. The van der Waals surface area contributed by atoms with Crippen molar-refractivity contribution in [1.29, 1.82) is 0 Å². The second-order valence-electron chi connectivity index (χ2n) is 6.16. The van der Waals surface area contributed by atoms with Gasteiger partial charge in [0.05, 0.1) is 13.2 Å². The third kappa shape index (κ3) is 3.12. The Balaban J connectivity index is 1.89. The van der Waals surface area contributed by atoms with Gasteiger partial charge < -0.3 is 15.2 Å². The van der Waals surface area contributed by atoms with Crippen molar-refractivity contribution in [1.82, 2.24) is 0 Å². The summed E-state index contributed by atoms with van der Waals surface area (Å²) in [7, 11) is 1.70. The Kier molecular flexibility index (Phi) is 3.95. The van der Waals surface area contributed by atoms with Crippen LogP contribution in [0.15, 0.2) is 16.6 Å². The van der Waals surface area contributed by atoms with Gasteiger partial charge in [-0.3, -0.25) is 0 Å². The van der Waals surface area contributed by atoms with Crippen molar-refractivity contribution < 1.29 is 9.47 Å². The van der Waals surface area contributed by atoms with Crippen molar-refractivity contribution in [3.63, 3.8) is 0 Å². The van der Waals surface area contributed by atoms with Crippen molar-refractivity contribution in [3.05, 3.63) is 22.2 Å². The van der Waals surface area contributed by atoms with Gasteiger partial charge in [-0.05, 0) is 57.1 Å². The number of ether oxygens (including phenoxy) is 2. The van der Waals surface area contributed by atoms with Gasteiger partial charge in [-0.2, -0.15) is 0 Å². The van der Waals surface area contributed by atoms with Crippen LogP contribution in [-0.4, -0.2) is 18.8 Å². The van der Waals surface area contributed by atoms with Crippen LogP contribution >= 0.6 is 15.9 Å². The van der Waals surface area contributed by atoms with Gasteiger partial charge in [0.1, 0.15) is 0 Å². The molecule has 0 aromatic heterocycles. The number of methoxy groups -OCH3 is 1. The van der Waals surface area contributed by atoms with E-state index < -0.39 is 0 Å². The topological polar surface area (TPSA) is 44.5 Å². The van der Waals surface area contributed by atoms with Gasteiger partial charge in [0.15, 0.2) is 11.5 Å². The number of rotatable bonds is 5. The fourth-order valence-electron chi connectivity index (χ4n) is 2.93. The van der Waals surface area contributed by atoms with E-state index in [2.05, 4.69) is 22.0 Å². The Labute approximate surface area is 129 Å². The number of hydrogen-bond donors (Lipinski definition) is 1. The highest BCUT2D eigenvalue weighted by atomic mass is 79.9. The average Bonchev–Trinajstić information content (AvgIpc) is 2.92. The Morgan fingerprint density at radius 3 is 2.60 bits per heavy atom. The van der Waals surface area contributed by atoms with E-state index >= 15 is 0 Å². The fourth-order valence-corrected chi connectivity index (χ4v) is 3.41. The summed E-state index contributed by atoms with van der Waals surface area (Å²) in [6.07, 6.45) is 8.22. The predicted octanol–water partition coefficient (Wildman–Crippen LogP) is 3.81. The van der Waals surface area contributed by atoms with Crippen LogP contribution < -0.4 is 15.2 Å². The van der Waals surface area contributed by atoms with E-state index in [9.17, 15) is 0 Å². The van der Waals surface area contributed by atoms with Crippen LogP contribution in [0, 0.1) is 0 Å². The molecule has 0 heterocycles. The van der Waals surface area contributed by atoms with Crippen LogP contribution in [0.2, 0.25) is 0 Å². The molecule has 2 saturated carbocycles. The van der Waals surface area contributed by atoms with Gasteiger partial charge in [0.25, 0.3) is 0 Å². The zero-order valence-electron chi connectivity index (χ0n) is 12.0. The summed E-state index contributed by atoms with van der Waals surface area (Å²) in [6, 6.07) is 4.10. The number of halogens is 1. The highest BCUT2D eigenvalue weighted by Crippen LogP contribution is 2.43. The fraction of sp³-hybridized carbons (Fsp3) is 0.625. The van der Waals surface area contributed by atoms with E-state index in [-0.39, 0.29) is 5.54 Å². The third-order valence-electron chi connectivity index (χ3n) is 4.34. The first-order chi connectivity index (χ1) is 9.59. The summed E-state index contributed by atoms with van der Waals surface area (Å²) in [4.78, 5) is 0. The molecule has 3 nitrogen and oxygen atoms in total. The predicted molar refractivity (Wildman–Crippen MR) is 83.4 cm³/mol. The zero-order valence-corrected chi connectivity index (χ0v) is 13.5. The average molecular weight is 340 g/mol. The lowest BCUT2D eigenvalue weighted by atomic mass is 10.0. The van der Waals surface area contributed by atoms with E-state index in [1.54, 1.807) is 7.11 Å². The molecule has 2 fully saturated rings. The van der Waals surface area contributed by atoms with Gasteiger partial charge >= 0.3 is 0 Å². The molecule has 0 saturated heterocycles. The second-order valence-corrected chi connectivity index (χ2v) is 7.08. The molecule has 0 radical (unpaired) electrons.